The van der Waals surface area contributed by atoms with E-state index in [-0.39, 0.29) is 12.2 Å². The zero-order valence-electron chi connectivity index (χ0n) is 9.51. The summed E-state index contributed by atoms with van der Waals surface area (Å²) in [5, 5.41) is 11.0. The van der Waals surface area contributed by atoms with Crippen LogP contribution in [-0.2, 0) is 20.7 Å². The van der Waals surface area contributed by atoms with E-state index in [1.54, 1.807) is 0 Å². The molecule has 0 radical (unpaired) electrons. The summed E-state index contributed by atoms with van der Waals surface area (Å²) >= 11 is 0. The van der Waals surface area contributed by atoms with Gasteiger partial charge in [0, 0.05) is 6.42 Å². The summed E-state index contributed by atoms with van der Waals surface area (Å²) in [5.74, 6) is -2.30. The number of hydrogen-bond donors (Lipinski definition) is 0. The smallest absolute Gasteiger partial charge is 0.322 e. The summed E-state index contributed by atoms with van der Waals surface area (Å²) in [4.78, 5) is 22.1. The summed E-state index contributed by atoms with van der Waals surface area (Å²) in [5.41, 5.74) is 1.01. The first-order valence-electron chi connectivity index (χ1n) is 5.17. The van der Waals surface area contributed by atoms with Crippen LogP contribution in [0.2, 0.25) is 0 Å². The summed E-state index contributed by atoms with van der Waals surface area (Å²) in [6, 6.07) is 9.44. The third kappa shape index (κ3) is 4.51. The van der Waals surface area contributed by atoms with E-state index in [1.807, 2.05) is 30.3 Å². The zero-order valence-corrected chi connectivity index (χ0v) is 9.51. The molecule has 0 aliphatic carbocycles. The predicted octanol–water partition coefficient (Wildman–Crippen LogP) is 0.605. The molecular weight excluding hydrogens is 220 g/mol. The molecule has 0 aliphatic rings. The highest BCUT2D eigenvalue weighted by atomic mass is 16.5. The minimum Gasteiger partial charge on any atom is -0.868 e. The predicted molar refractivity (Wildman–Crippen MR) is 59.9 cm³/mol. The van der Waals surface area contributed by atoms with Crippen molar-refractivity contribution < 1.29 is 19.4 Å². The van der Waals surface area contributed by atoms with E-state index >= 15 is 0 Å². The SMILES string of the molecule is COC(=O)C([O-])=CC(=O)CCc1ccccc1. The van der Waals surface area contributed by atoms with Gasteiger partial charge in [0.15, 0.2) is 5.78 Å². The van der Waals surface area contributed by atoms with Gasteiger partial charge in [0.25, 0.3) is 0 Å². The third-order valence-corrected chi connectivity index (χ3v) is 2.18. The molecule has 1 rings (SSSR count). The standard InChI is InChI=1S/C13H14O4/c1-17-13(16)12(15)9-11(14)8-7-10-5-3-2-4-6-10/h2-6,9,15H,7-8H2,1H3/p-1. The number of ketones is 1. The zero-order chi connectivity index (χ0) is 12.7. The number of rotatable bonds is 5. The summed E-state index contributed by atoms with van der Waals surface area (Å²) in [6.45, 7) is 0. The van der Waals surface area contributed by atoms with E-state index in [0.29, 0.717) is 6.42 Å². The number of benzene rings is 1. The maximum Gasteiger partial charge on any atom is 0.322 e. The number of methoxy groups -OCH3 is 1. The average molecular weight is 233 g/mol. The highest BCUT2D eigenvalue weighted by molar-refractivity contribution is 5.97. The number of ether oxygens (including phenoxy) is 1. The van der Waals surface area contributed by atoms with Crippen LogP contribution in [0.25, 0.3) is 0 Å². The lowest BCUT2D eigenvalue weighted by Crippen LogP contribution is -2.18. The van der Waals surface area contributed by atoms with Gasteiger partial charge in [-0.3, -0.25) is 4.79 Å². The number of hydrogen-bond acceptors (Lipinski definition) is 4. The number of esters is 1. The Morgan fingerprint density at radius 1 is 1.29 bits per heavy atom. The lowest BCUT2D eigenvalue weighted by Gasteiger charge is -2.07. The molecule has 4 nitrogen and oxygen atoms in total. The fourth-order valence-electron chi connectivity index (χ4n) is 1.29. The highest BCUT2D eigenvalue weighted by Gasteiger charge is 2.02. The average Bonchev–Trinajstić information content (AvgIpc) is 2.36. The van der Waals surface area contributed by atoms with Crippen molar-refractivity contribution in [1.29, 1.82) is 0 Å². The van der Waals surface area contributed by atoms with Gasteiger partial charge in [-0.1, -0.05) is 30.3 Å². The topological polar surface area (TPSA) is 66.4 Å². The fraction of sp³-hybridized carbons (Fsp3) is 0.231. The van der Waals surface area contributed by atoms with Crippen LogP contribution < -0.4 is 5.11 Å². The normalized spacial score (nSPS) is 11.0. The van der Waals surface area contributed by atoms with Gasteiger partial charge in [-0.25, -0.2) is 4.79 Å². The van der Waals surface area contributed by atoms with Crippen LogP contribution in [0.4, 0.5) is 0 Å². The second-order valence-electron chi connectivity index (χ2n) is 3.45. The molecule has 0 fully saturated rings. The lowest BCUT2D eigenvalue weighted by molar-refractivity contribution is -0.303. The number of aryl methyl sites for hydroxylation is 1. The van der Waals surface area contributed by atoms with Crippen molar-refractivity contribution >= 4 is 11.8 Å². The van der Waals surface area contributed by atoms with Crippen molar-refractivity contribution in [3.8, 4) is 0 Å². The molecule has 0 aliphatic heterocycles. The molecule has 90 valence electrons. The molecule has 0 spiro atoms. The quantitative estimate of drug-likeness (QED) is 0.424. The molecule has 17 heavy (non-hydrogen) atoms. The van der Waals surface area contributed by atoms with Gasteiger partial charge in [-0.05, 0) is 23.8 Å². The van der Waals surface area contributed by atoms with Crippen LogP contribution in [0, 0.1) is 0 Å². The van der Waals surface area contributed by atoms with Crippen molar-refractivity contribution in [3.05, 3.63) is 47.7 Å². The molecule has 0 unspecified atom stereocenters. The second kappa shape index (κ2) is 6.48. The van der Waals surface area contributed by atoms with E-state index in [1.165, 1.54) is 0 Å². The second-order valence-corrected chi connectivity index (χ2v) is 3.45. The molecule has 0 amide bonds. The van der Waals surface area contributed by atoms with Crippen molar-refractivity contribution in [2.45, 2.75) is 12.8 Å². The molecular formula is C13H13O4-. The molecule has 1 aromatic carbocycles. The van der Waals surface area contributed by atoms with Crippen LogP contribution >= 0.6 is 0 Å². The molecule has 1 aromatic rings. The van der Waals surface area contributed by atoms with E-state index in [4.69, 9.17) is 0 Å². The minimum atomic E-state index is -1.02. The molecule has 4 heteroatoms. The Labute approximate surface area is 99.5 Å². The maximum absolute atomic E-state index is 11.4. The molecule has 0 aromatic heterocycles. The van der Waals surface area contributed by atoms with Gasteiger partial charge in [0.1, 0.15) is 0 Å². The fourth-order valence-corrected chi connectivity index (χ4v) is 1.29. The van der Waals surface area contributed by atoms with Gasteiger partial charge in [0.05, 0.1) is 7.11 Å². The molecule has 0 bridgehead atoms. The number of allylic oxidation sites excluding steroid dienone is 1. The number of carbonyl (C=O) groups excluding carboxylic acids is 2. The van der Waals surface area contributed by atoms with Crippen molar-refractivity contribution in [3.63, 3.8) is 0 Å². The first-order chi connectivity index (χ1) is 8.13. The van der Waals surface area contributed by atoms with E-state index < -0.39 is 11.7 Å². The van der Waals surface area contributed by atoms with E-state index in [9.17, 15) is 14.7 Å². The van der Waals surface area contributed by atoms with Gasteiger partial charge >= 0.3 is 5.97 Å². The Bertz CT molecular complexity index is 420. The molecule has 0 saturated carbocycles. The first-order valence-corrected chi connectivity index (χ1v) is 5.17. The van der Waals surface area contributed by atoms with Crippen molar-refractivity contribution in [1.82, 2.24) is 0 Å². The molecule has 0 saturated heterocycles. The Morgan fingerprint density at radius 2 is 1.94 bits per heavy atom. The maximum atomic E-state index is 11.4. The Kier molecular flexibility index (Phi) is 4.94. The van der Waals surface area contributed by atoms with Gasteiger partial charge in [-0.15, -0.1) is 0 Å². The van der Waals surface area contributed by atoms with Gasteiger partial charge in [-0.2, -0.15) is 0 Å². The Hall–Kier alpha value is -2.10. The molecule has 0 N–H and O–H groups in total. The van der Waals surface area contributed by atoms with E-state index in [2.05, 4.69) is 4.74 Å². The van der Waals surface area contributed by atoms with Gasteiger partial charge < -0.3 is 9.84 Å². The van der Waals surface area contributed by atoms with E-state index in [0.717, 1.165) is 18.7 Å². The molecule has 0 atom stereocenters. The summed E-state index contributed by atoms with van der Waals surface area (Å²) in [7, 11) is 1.10. The van der Waals surface area contributed by atoms with Crippen LogP contribution in [0.15, 0.2) is 42.2 Å². The van der Waals surface area contributed by atoms with Crippen LogP contribution in [-0.4, -0.2) is 18.9 Å². The third-order valence-electron chi connectivity index (χ3n) is 2.18. The van der Waals surface area contributed by atoms with Crippen molar-refractivity contribution in [2.75, 3.05) is 7.11 Å². The highest BCUT2D eigenvalue weighted by Crippen LogP contribution is 2.03. The van der Waals surface area contributed by atoms with Crippen LogP contribution in [0.5, 0.6) is 0 Å². The largest absolute Gasteiger partial charge is 0.868 e. The summed E-state index contributed by atoms with van der Waals surface area (Å²) < 4.78 is 4.20. The summed E-state index contributed by atoms with van der Waals surface area (Å²) in [6.07, 6.45) is 1.53. The lowest BCUT2D eigenvalue weighted by atomic mass is 10.1. The monoisotopic (exact) mass is 233 g/mol. The Balaban J connectivity index is 2.48. The van der Waals surface area contributed by atoms with Crippen LogP contribution in [0.3, 0.4) is 0 Å². The minimum absolute atomic E-state index is 0.201. The molecule has 0 heterocycles. The van der Waals surface area contributed by atoms with Gasteiger partial charge in [0.2, 0.25) is 0 Å². The Morgan fingerprint density at radius 3 is 2.53 bits per heavy atom. The first kappa shape index (κ1) is 13.0. The van der Waals surface area contributed by atoms with Crippen molar-refractivity contribution in [2.24, 2.45) is 0 Å². The van der Waals surface area contributed by atoms with Crippen LogP contribution in [0.1, 0.15) is 12.0 Å². The number of carbonyl (C=O) groups is 2.